The van der Waals surface area contributed by atoms with Crippen LogP contribution in [-0.2, 0) is 6.61 Å². The van der Waals surface area contributed by atoms with E-state index < -0.39 is 0 Å². The molecular formula is C14H12Br2FNO2. The van der Waals surface area contributed by atoms with Gasteiger partial charge < -0.3 is 15.2 Å². The monoisotopic (exact) mass is 403 g/mol. The van der Waals surface area contributed by atoms with Crippen LogP contribution in [0.1, 0.15) is 5.56 Å². The molecule has 0 fully saturated rings. The van der Waals surface area contributed by atoms with E-state index in [1.807, 2.05) is 0 Å². The highest BCUT2D eigenvalue weighted by Crippen LogP contribution is 2.36. The highest BCUT2D eigenvalue weighted by molar-refractivity contribution is 9.11. The Morgan fingerprint density at radius 3 is 2.45 bits per heavy atom. The lowest BCUT2D eigenvalue weighted by Crippen LogP contribution is -2.01. The number of nitrogens with two attached hydrogens (primary N) is 1. The van der Waals surface area contributed by atoms with Gasteiger partial charge in [-0.25, -0.2) is 4.39 Å². The van der Waals surface area contributed by atoms with Gasteiger partial charge in [-0.15, -0.1) is 0 Å². The van der Waals surface area contributed by atoms with E-state index in [9.17, 15) is 4.39 Å². The van der Waals surface area contributed by atoms with Gasteiger partial charge in [0, 0.05) is 11.3 Å². The van der Waals surface area contributed by atoms with Gasteiger partial charge in [0.1, 0.15) is 23.9 Å². The van der Waals surface area contributed by atoms with Crippen LogP contribution in [0, 0.1) is 5.82 Å². The highest BCUT2D eigenvalue weighted by atomic mass is 79.9. The molecule has 0 radical (unpaired) electrons. The van der Waals surface area contributed by atoms with Crippen LogP contribution in [0.15, 0.2) is 39.3 Å². The first-order valence-corrected chi connectivity index (χ1v) is 7.29. The summed E-state index contributed by atoms with van der Waals surface area (Å²) in [7, 11) is 1.58. The van der Waals surface area contributed by atoms with Gasteiger partial charge in [-0.1, -0.05) is 0 Å². The van der Waals surface area contributed by atoms with Crippen molar-refractivity contribution in [1.82, 2.24) is 0 Å². The standard InChI is InChI=1S/C14H12Br2FNO2/c1-19-13-5-11(16)14(6-10(13)15)20-7-8-4-9(17)2-3-12(8)18/h2-6H,7,18H2,1H3. The number of ether oxygens (including phenoxy) is 2. The van der Waals surface area contributed by atoms with Crippen LogP contribution in [0.4, 0.5) is 10.1 Å². The van der Waals surface area contributed by atoms with Crippen molar-refractivity contribution in [3.05, 3.63) is 50.7 Å². The molecule has 0 saturated heterocycles. The molecule has 2 aromatic rings. The maximum Gasteiger partial charge on any atom is 0.135 e. The van der Waals surface area contributed by atoms with Crippen molar-refractivity contribution in [2.24, 2.45) is 0 Å². The number of benzene rings is 2. The van der Waals surface area contributed by atoms with E-state index in [-0.39, 0.29) is 12.4 Å². The predicted octanol–water partition coefficient (Wildman–Crippen LogP) is 4.52. The molecule has 6 heteroatoms. The SMILES string of the molecule is COc1cc(Br)c(OCc2cc(F)ccc2N)cc1Br. The van der Waals surface area contributed by atoms with E-state index in [4.69, 9.17) is 15.2 Å². The van der Waals surface area contributed by atoms with Crippen LogP contribution in [0.25, 0.3) is 0 Å². The summed E-state index contributed by atoms with van der Waals surface area (Å²) in [4.78, 5) is 0. The van der Waals surface area contributed by atoms with Crippen molar-refractivity contribution < 1.29 is 13.9 Å². The van der Waals surface area contributed by atoms with Gasteiger partial charge in [0.25, 0.3) is 0 Å². The topological polar surface area (TPSA) is 44.5 Å². The molecule has 0 bridgehead atoms. The van der Waals surface area contributed by atoms with Crippen LogP contribution < -0.4 is 15.2 Å². The molecule has 2 aromatic carbocycles. The van der Waals surface area contributed by atoms with Crippen molar-refractivity contribution in [3.63, 3.8) is 0 Å². The average Bonchev–Trinajstić information content (AvgIpc) is 2.42. The minimum absolute atomic E-state index is 0.182. The molecule has 106 valence electrons. The predicted molar refractivity (Wildman–Crippen MR) is 83.5 cm³/mol. The minimum Gasteiger partial charge on any atom is -0.496 e. The lowest BCUT2D eigenvalue weighted by atomic mass is 10.2. The fourth-order valence-corrected chi connectivity index (χ4v) is 2.55. The Morgan fingerprint density at radius 1 is 1.10 bits per heavy atom. The molecular weight excluding hydrogens is 393 g/mol. The third-order valence-electron chi connectivity index (χ3n) is 2.69. The molecule has 0 aliphatic carbocycles. The Hall–Kier alpha value is -1.27. The summed E-state index contributed by atoms with van der Waals surface area (Å²) in [6, 6.07) is 7.76. The molecule has 0 atom stereocenters. The normalized spacial score (nSPS) is 10.4. The van der Waals surface area contributed by atoms with Gasteiger partial charge in [-0.3, -0.25) is 0 Å². The molecule has 20 heavy (non-hydrogen) atoms. The smallest absolute Gasteiger partial charge is 0.135 e. The molecule has 0 aromatic heterocycles. The van der Waals surface area contributed by atoms with Gasteiger partial charge >= 0.3 is 0 Å². The molecule has 2 N–H and O–H groups in total. The van der Waals surface area contributed by atoms with Crippen molar-refractivity contribution in [3.8, 4) is 11.5 Å². The summed E-state index contributed by atoms with van der Waals surface area (Å²) in [5.41, 5.74) is 6.88. The van der Waals surface area contributed by atoms with Crippen LogP contribution >= 0.6 is 31.9 Å². The Kier molecular flexibility index (Phi) is 4.88. The largest absolute Gasteiger partial charge is 0.496 e. The maximum atomic E-state index is 13.2. The average molecular weight is 405 g/mol. The Bertz CT molecular complexity index is 635. The van der Waals surface area contributed by atoms with Gasteiger partial charge in [0.15, 0.2) is 0 Å². The van der Waals surface area contributed by atoms with Crippen molar-refractivity contribution in [1.29, 1.82) is 0 Å². The van der Waals surface area contributed by atoms with Crippen molar-refractivity contribution >= 4 is 37.5 Å². The summed E-state index contributed by atoms with van der Waals surface area (Å²) in [6.45, 7) is 0.182. The Labute approximate surface area is 133 Å². The van der Waals surface area contributed by atoms with Crippen molar-refractivity contribution in [2.75, 3.05) is 12.8 Å². The molecule has 0 aliphatic rings. The van der Waals surface area contributed by atoms with E-state index in [1.54, 1.807) is 19.2 Å². The number of methoxy groups -OCH3 is 1. The summed E-state index contributed by atoms with van der Waals surface area (Å²) in [6.07, 6.45) is 0. The molecule has 0 heterocycles. The van der Waals surface area contributed by atoms with Gasteiger partial charge in [-0.2, -0.15) is 0 Å². The lowest BCUT2D eigenvalue weighted by molar-refractivity contribution is 0.303. The van der Waals surface area contributed by atoms with E-state index in [2.05, 4.69) is 31.9 Å². The molecule has 3 nitrogen and oxygen atoms in total. The van der Waals surface area contributed by atoms with Crippen LogP contribution in [0.5, 0.6) is 11.5 Å². The second-order valence-corrected chi connectivity index (χ2v) is 5.76. The zero-order chi connectivity index (χ0) is 14.7. The Balaban J connectivity index is 2.19. The van der Waals surface area contributed by atoms with Crippen LogP contribution in [0.2, 0.25) is 0 Å². The second-order valence-electron chi connectivity index (χ2n) is 4.05. The number of nitrogen functional groups attached to an aromatic ring is 1. The first kappa shape index (κ1) is 15.1. The van der Waals surface area contributed by atoms with E-state index in [0.717, 1.165) is 8.95 Å². The number of hydrogen-bond donors (Lipinski definition) is 1. The quantitative estimate of drug-likeness (QED) is 0.762. The zero-order valence-corrected chi connectivity index (χ0v) is 13.8. The number of anilines is 1. The van der Waals surface area contributed by atoms with Gasteiger partial charge in [0.05, 0.1) is 16.1 Å². The molecule has 2 rings (SSSR count). The summed E-state index contributed by atoms with van der Waals surface area (Å²) >= 11 is 6.78. The number of halogens is 3. The highest BCUT2D eigenvalue weighted by Gasteiger charge is 2.09. The van der Waals surface area contributed by atoms with E-state index >= 15 is 0 Å². The molecule has 0 spiro atoms. The summed E-state index contributed by atoms with van der Waals surface area (Å²) in [5, 5.41) is 0. The number of rotatable bonds is 4. The first-order valence-electron chi connectivity index (χ1n) is 5.71. The van der Waals surface area contributed by atoms with Crippen LogP contribution in [0.3, 0.4) is 0 Å². The van der Waals surface area contributed by atoms with Gasteiger partial charge in [0.2, 0.25) is 0 Å². The third kappa shape index (κ3) is 3.43. The zero-order valence-electron chi connectivity index (χ0n) is 10.6. The van der Waals surface area contributed by atoms with E-state index in [1.165, 1.54) is 18.2 Å². The fraction of sp³-hybridized carbons (Fsp3) is 0.143. The molecule has 0 unspecified atom stereocenters. The van der Waals surface area contributed by atoms with Crippen LogP contribution in [-0.4, -0.2) is 7.11 Å². The molecule has 0 amide bonds. The first-order chi connectivity index (χ1) is 9.51. The number of hydrogen-bond acceptors (Lipinski definition) is 3. The Morgan fingerprint density at radius 2 is 1.75 bits per heavy atom. The fourth-order valence-electron chi connectivity index (χ4n) is 1.63. The van der Waals surface area contributed by atoms with Gasteiger partial charge in [-0.05, 0) is 62.2 Å². The molecule has 0 aliphatic heterocycles. The van der Waals surface area contributed by atoms with E-state index in [0.29, 0.717) is 22.7 Å². The third-order valence-corrected chi connectivity index (χ3v) is 3.93. The second kappa shape index (κ2) is 6.45. The van der Waals surface area contributed by atoms with Crippen molar-refractivity contribution in [2.45, 2.75) is 6.61 Å². The summed E-state index contributed by atoms with van der Waals surface area (Å²) < 4.78 is 25.5. The lowest BCUT2D eigenvalue weighted by Gasteiger charge is -2.12. The molecule has 0 saturated carbocycles. The summed E-state index contributed by atoms with van der Waals surface area (Å²) in [5.74, 6) is 0.962. The minimum atomic E-state index is -0.340. The maximum absolute atomic E-state index is 13.2.